The molecule has 0 heterocycles. The first-order chi connectivity index (χ1) is 9.93. The molecule has 0 fully saturated rings. The van der Waals surface area contributed by atoms with E-state index < -0.39 is 5.97 Å². The fraction of sp³-hybridized carbons (Fsp3) is 0.750. The minimum absolute atomic E-state index is 0.00618. The summed E-state index contributed by atoms with van der Waals surface area (Å²) in [5.74, 6) is -0.701. The molecule has 0 radical (unpaired) electrons. The molecule has 1 amide bonds. The summed E-state index contributed by atoms with van der Waals surface area (Å²) in [7, 11) is 0. The Morgan fingerprint density at radius 1 is 1.05 bits per heavy atom. The molecule has 0 aromatic rings. The van der Waals surface area contributed by atoms with Gasteiger partial charge in [0.05, 0.1) is 0 Å². The van der Waals surface area contributed by atoms with E-state index in [1.54, 1.807) is 0 Å². The topological polar surface area (TPSA) is 78.4 Å². The number of carboxylic acid groups (broad SMARTS) is 1. The van der Waals surface area contributed by atoms with Crippen molar-refractivity contribution < 1.29 is 14.7 Å². The number of unbranched alkanes of at least 4 members (excludes halogenated alkanes) is 6. The maximum Gasteiger partial charge on any atom is 0.303 e. The zero-order chi connectivity index (χ0) is 16.1. The number of allylic oxidation sites excluding steroid dienone is 1. The Kier molecular flexibility index (Phi) is 11.4. The number of amides is 1. The maximum atomic E-state index is 11.7. The third-order valence-electron chi connectivity index (χ3n) is 3.22. The molecule has 0 spiro atoms. The van der Waals surface area contributed by atoms with Gasteiger partial charge in [0, 0.05) is 18.7 Å². The summed E-state index contributed by atoms with van der Waals surface area (Å²) < 4.78 is 0. The number of carboxylic acids is 1. The highest BCUT2D eigenvalue weighted by atomic mass is 16.4. The quantitative estimate of drug-likeness (QED) is 0.457. The smallest absolute Gasteiger partial charge is 0.303 e. The molecule has 5 nitrogen and oxygen atoms in total. The molecule has 122 valence electrons. The molecular weight excluding hydrogens is 268 g/mol. The van der Waals surface area contributed by atoms with Crippen molar-refractivity contribution >= 4 is 11.9 Å². The number of carbonyl (C=O) groups excluding carboxylic acids is 1. The average Bonchev–Trinajstić information content (AvgIpc) is 2.39. The van der Waals surface area contributed by atoms with Crippen molar-refractivity contribution in [2.75, 3.05) is 6.54 Å². The van der Waals surface area contributed by atoms with Crippen LogP contribution in [-0.4, -0.2) is 29.6 Å². The summed E-state index contributed by atoms with van der Waals surface area (Å²) in [4.78, 5) is 22.0. The van der Waals surface area contributed by atoms with E-state index in [9.17, 15) is 9.59 Å². The van der Waals surface area contributed by atoms with Gasteiger partial charge in [-0.2, -0.15) is 0 Å². The summed E-state index contributed by atoms with van der Waals surface area (Å²) in [6, 6.07) is -0.239. The van der Waals surface area contributed by atoms with Crippen LogP contribution in [0, 0.1) is 0 Å². The molecule has 0 bridgehead atoms. The zero-order valence-electron chi connectivity index (χ0n) is 13.4. The number of hydrogen-bond donors (Lipinski definition) is 3. The van der Waals surface area contributed by atoms with Crippen molar-refractivity contribution in [3.05, 3.63) is 12.3 Å². The van der Waals surface area contributed by atoms with Crippen LogP contribution in [0.15, 0.2) is 12.3 Å². The van der Waals surface area contributed by atoms with Crippen LogP contribution < -0.4 is 10.6 Å². The van der Waals surface area contributed by atoms with Crippen LogP contribution in [0.4, 0.5) is 0 Å². The first kappa shape index (κ1) is 19.5. The summed E-state index contributed by atoms with van der Waals surface area (Å²) in [5, 5.41) is 14.4. The van der Waals surface area contributed by atoms with E-state index in [4.69, 9.17) is 5.11 Å². The molecule has 1 atom stereocenters. The normalized spacial score (nSPS) is 11.7. The van der Waals surface area contributed by atoms with Gasteiger partial charge in [-0.25, -0.2) is 0 Å². The van der Waals surface area contributed by atoms with Gasteiger partial charge in [-0.15, -0.1) is 0 Å². The van der Waals surface area contributed by atoms with E-state index in [1.807, 2.05) is 13.8 Å². The zero-order valence-corrected chi connectivity index (χ0v) is 13.4. The van der Waals surface area contributed by atoms with E-state index in [1.165, 1.54) is 0 Å². The van der Waals surface area contributed by atoms with E-state index in [0.717, 1.165) is 50.6 Å². The molecule has 0 aromatic carbocycles. The van der Waals surface area contributed by atoms with Crippen LogP contribution in [0.5, 0.6) is 0 Å². The van der Waals surface area contributed by atoms with E-state index in [2.05, 4.69) is 17.2 Å². The molecule has 0 aliphatic carbocycles. The second-order valence-corrected chi connectivity index (χ2v) is 5.56. The number of hydrogen-bond acceptors (Lipinski definition) is 3. The van der Waals surface area contributed by atoms with Crippen LogP contribution in [0.25, 0.3) is 0 Å². The second-order valence-electron chi connectivity index (χ2n) is 5.56. The van der Waals surface area contributed by atoms with Crippen molar-refractivity contribution in [2.45, 2.75) is 71.3 Å². The molecule has 0 saturated heterocycles. The minimum atomic E-state index is -0.707. The molecule has 1 unspecified atom stereocenters. The van der Waals surface area contributed by atoms with Gasteiger partial charge in [0.15, 0.2) is 0 Å². The second kappa shape index (κ2) is 12.2. The van der Waals surface area contributed by atoms with Gasteiger partial charge in [0.1, 0.15) is 6.04 Å². The van der Waals surface area contributed by atoms with Crippen molar-refractivity contribution in [1.29, 1.82) is 0 Å². The third-order valence-corrected chi connectivity index (χ3v) is 3.22. The highest BCUT2D eigenvalue weighted by molar-refractivity contribution is 5.81. The van der Waals surface area contributed by atoms with Crippen LogP contribution in [0.3, 0.4) is 0 Å². The number of rotatable bonds is 13. The lowest BCUT2D eigenvalue weighted by molar-refractivity contribution is -0.137. The summed E-state index contributed by atoms with van der Waals surface area (Å²) in [6.45, 7) is 8.08. The first-order valence-corrected chi connectivity index (χ1v) is 7.85. The van der Waals surface area contributed by atoms with E-state index in [0.29, 0.717) is 6.54 Å². The third kappa shape index (κ3) is 13.2. The Morgan fingerprint density at radius 3 is 2.10 bits per heavy atom. The fourth-order valence-electron chi connectivity index (χ4n) is 2.08. The van der Waals surface area contributed by atoms with Crippen molar-refractivity contribution in [1.82, 2.24) is 10.6 Å². The molecule has 0 aliphatic heterocycles. The number of carbonyl (C=O) groups is 2. The lowest BCUT2D eigenvalue weighted by Crippen LogP contribution is -2.41. The van der Waals surface area contributed by atoms with Gasteiger partial charge in [-0.3, -0.25) is 9.59 Å². The Hall–Kier alpha value is -1.52. The first-order valence-electron chi connectivity index (χ1n) is 7.85. The van der Waals surface area contributed by atoms with Crippen molar-refractivity contribution in [2.24, 2.45) is 0 Å². The SMILES string of the molecule is C=C(C)NC(C)C(=O)NCCCCCCCCCC(=O)O. The number of nitrogens with one attached hydrogen (secondary N) is 2. The highest BCUT2D eigenvalue weighted by Crippen LogP contribution is 2.08. The lowest BCUT2D eigenvalue weighted by atomic mass is 10.1. The van der Waals surface area contributed by atoms with E-state index in [-0.39, 0.29) is 18.4 Å². The molecule has 0 aromatic heterocycles. The van der Waals surface area contributed by atoms with E-state index >= 15 is 0 Å². The number of aliphatic carboxylic acids is 1. The van der Waals surface area contributed by atoms with Crippen LogP contribution >= 0.6 is 0 Å². The summed E-state index contributed by atoms with van der Waals surface area (Å²) in [6.07, 6.45) is 7.51. The van der Waals surface area contributed by atoms with Gasteiger partial charge in [-0.1, -0.05) is 38.7 Å². The Labute approximate surface area is 128 Å². The summed E-state index contributed by atoms with van der Waals surface area (Å²) >= 11 is 0. The molecule has 21 heavy (non-hydrogen) atoms. The predicted molar refractivity (Wildman–Crippen MR) is 85.0 cm³/mol. The fourth-order valence-corrected chi connectivity index (χ4v) is 2.08. The summed E-state index contributed by atoms with van der Waals surface area (Å²) in [5.41, 5.74) is 0.792. The minimum Gasteiger partial charge on any atom is -0.481 e. The van der Waals surface area contributed by atoms with Crippen molar-refractivity contribution in [3.8, 4) is 0 Å². The highest BCUT2D eigenvalue weighted by Gasteiger charge is 2.10. The molecule has 0 rings (SSSR count). The van der Waals surface area contributed by atoms with Crippen LogP contribution in [0.2, 0.25) is 0 Å². The Balaban J connectivity index is 3.34. The monoisotopic (exact) mass is 298 g/mol. The maximum absolute atomic E-state index is 11.7. The molecule has 5 heteroatoms. The van der Waals surface area contributed by atoms with Crippen LogP contribution in [0.1, 0.15) is 65.2 Å². The van der Waals surface area contributed by atoms with Crippen molar-refractivity contribution in [3.63, 3.8) is 0 Å². The van der Waals surface area contributed by atoms with Gasteiger partial charge in [-0.05, 0) is 26.7 Å². The molecule has 3 N–H and O–H groups in total. The lowest BCUT2D eigenvalue weighted by Gasteiger charge is -2.14. The standard InChI is InChI=1S/C16H30N2O3/c1-13(2)18-14(3)16(21)17-12-10-8-6-4-5-7-9-11-15(19)20/h14,18H,1,4-12H2,2-3H3,(H,17,21)(H,19,20). The molecule has 0 aliphatic rings. The largest absolute Gasteiger partial charge is 0.481 e. The Morgan fingerprint density at radius 2 is 1.57 bits per heavy atom. The average molecular weight is 298 g/mol. The van der Waals surface area contributed by atoms with Gasteiger partial charge >= 0.3 is 5.97 Å². The Bertz CT molecular complexity index is 329. The molecule has 0 saturated carbocycles. The van der Waals surface area contributed by atoms with Gasteiger partial charge < -0.3 is 15.7 Å². The molecular formula is C16H30N2O3. The van der Waals surface area contributed by atoms with Gasteiger partial charge in [0.25, 0.3) is 0 Å². The van der Waals surface area contributed by atoms with Gasteiger partial charge in [0.2, 0.25) is 5.91 Å². The predicted octanol–water partition coefficient (Wildman–Crippen LogP) is 2.82. The van der Waals surface area contributed by atoms with Crippen LogP contribution in [-0.2, 0) is 9.59 Å².